The number of carbonyl (C=O) groups excluding carboxylic acids is 1. The number of carbonyl (C=O) groups is 1. The molecule has 1 aromatic carbocycles. The fraction of sp³-hybridized carbons (Fsp3) is 0.368. The van der Waals surface area contributed by atoms with Crippen molar-refractivity contribution in [3.63, 3.8) is 0 Å². The highest BCUT2D eigenvalue weighted by Crippen LogP contribution is 2.21. The van der Waals surface area contributed by atoms with E-state index in [9.17, 15) is 4.79 Å². The Morgan fingerprint density at radius 2 is 1.91 bits per heavy atom. The molecule has 0 radical (unpaired) electrons. The van der Waals surface area contributed by atoms with E-state index >= 15 is 0 Å². The van der Waals surface area contributed by atoms with Gasteiger partial charge in [-0.3, -0.25) is 9.78 Å². The van der Waals surface area contributed by atoms with Gasteiger partial charge in [0.2, 0.25) is 0 Å². The minimum absolute atomic E-state index is 0.0855. The minimum atomic E-state index is 0.0855. The van der Waals surface area contributed by atoms with Crippen molar-refractivity contribution >= 4 is 5.91 Å². The van der Waals surface area contributed by atoms with Crippen LogP contribution in [0.3, 0.4) is 0 Å². The predicted molar refractivity (Wildman–Crippen MR) is 92.4 cm³/mol. The summed E-state index contributed by atoms with van der Waals surface area (Å²) in [7, 11) is 2.11. The first-order valence-electron chi connectivity index (χ1n) is 8.13. The zero-order valence-corrected chi connectivity index (χ0v) is 13.8. The second kappa shape index (κ2) is 6.92. The lowest BCUT2D eigenvalue weighted by molar-refractivity contribution is 0.0762. The van der Waals surface area contributed by atoms with Crippen molar-refractivity contribution < 1.29 is 4.79 Å². The van der Waals surface area contributed by atoms with Crippen molar-refractivity contribution in [3.8, 4) is 11.1 Å². The van der Waals surface area contributed by atoms with Crippen LogP contribution in [-0.4, -0.2) is 53.9 Å². The number of nitrogens with zero attached hydrogens (tertiary/aromatic N) is 3. The lowest BCUT2D eigenvalue weighted by atomic mass is 10.0. The summed E-state index contributed by atoms with van der Waals surface area (Å²) in [6.07, 6.45) is 4.52. The third-order valence-corrected chi connectivity index (χ3v) is 4.34. The van der Waals surface area contributed by atoms with E-state index in [0.717, 1.165) is 43.7 Å². The zero-order chi connectivity index (χ0) is 16.2. The van der Waals surface area contributed by atoms with Crippen LogP contribution >= 0.6 is 0 Å². The number of aromatic nitrogens is 1. The summed E-state index contributed by atoms with van der Waals surface area (Å²) in [6, 6.07) is 10.2. The molecule has 0 unspecified atom stereocenters. The van der Waals surface area contributed by atoms with Crippen LogP contribution in [0.1, 0.15) is 22.3 Å². The van der Waals surface area contributed by atoms with E-state index in [0.29, 0.717) is 5.56 Å². The molecule has 0 aliphatic carbocycles. The molecule has 120 valence electrons. The van der Waals surface area contributed by atoms with Gasteiger partial charge >= 0.3 is 0 Å². The summed E-state index contributed by atoms with van der Waals surface area (Å²) < 4.78 is 0. The average Bonchev–Trinajstić information content (AvgIpc) is 2.79. The smallest absolute Gasteiger partial charge is 0.255 e. The highest BCUT2D eigenvalue weighted by Gasteiger charge is 2.19. The number of benzene rings is 1. The summed E-state index contributed by atoms with van der Waals surface area (Å²) >= 11 is 0. The quantitative estimate of drug-likeness (QED) is 0.856. The van der Waals surface area contributed by atoms with Crippen LogP contribution < -0.4 is 0 Å². The maximum atomic E-state index is 12.8. The number of hydrogen-bond acceptors (Lipinski definition) is 3. The van der Waals surface area contributed by atoms with Crippen molar-refractivity contribution in [2.45, 2.75) is 13.3 Å². The summed E-state index contributed by atoms with van der Waals surface area (Å²) in [4.78, 5) is 21.3. The Morgan fingerprint density at radius 1 is 1.04 bits per heavy atom. The molecule has 23 heavy (non-hydrogen) atoms. The van der Waals surface area contributed by atoms with Gasteiger partial charge < -0.3 is 9.80 Å². The monoisotopic (exact) mass is 309 g/mol. The molecule has 0 spiro atoms. The third kappa shape index (κ3) is 3.77. The van der Waals surface area contributed by atoms with E-state index in [1.807, 2.05) is 23.2 Å². The fourth-order valence-corrected chi connectivity index (χ4v) is 2.97. The molecule has 3 rings (SSSR count). The van der Waals surface area contributed by atoms with Crippen LogP contribution in [-0.2, 0) is 0 Å². The van der Waals surface area contributed by atoms with Gasteiger partial charge in [-0.05, 0) is 38.6 Å². The Hall–Kier alpha value is -2.20. The van der Waals surface area contributed by atoms with Crippen molar-refractivity contribution in [2.24, 2.45) is 0 Å². The van der Waals surface area contributed by atoms with Gasteiger partial charge in [-0.15, -0.1) is 0 Å². The molecule has 0 bridgehead atoms. The normalized spacial score (nSPS) is 16.2. The van der Waals surface area contributed by atoms with Crippen molar-refractivity contribution in [1.82, 2.24) is 14.8 Å². The van der Waals surface area contributed by atoms with E-state index in [2.05, 4.69) is 42.1 Å². The maximum Gasteiger partial charge on any atom is 0.255 e. The van der Waals surface area contributed by atoms with Gasteiger partial charge in [0.05, 0.1) is 5.56 Å². The number of likely N-dealkylation sites (N-methyl/N-ethyl adjacent to an activating group) is 1. The SMILES string of the molecule is Cc1cccc(-c2cncc(C(=O)N3CCCN(C)CC3)c2)c1. The first-order valence-corrected chi connectivity index (χ1v) is 8.13. The van der Waals surface area contributed by atoms with E-state index in [1.54, 1.807) is 6.20 Å². The topological polar surface area (TPSA) is 36.4 Å². The van der Waals surface area contributed by atoms with Crippen LogP contribution in [0.25, 0.3) is 11.1 Å². The van der Waals surface area contributed by atoms with E-state index in [-0.39, 0.29) is 5.91 Å². The summed E-state index contributed by atoms with van der Waals surface area (Å²) in [5, 5.41) is 0. The number of rotatable bonds is 2. The minimum Gasteiger partial charge on any atom is -0.337 e. The van der Waals surface area contributed by atoms with Gasteiger partial charge in [0.1, 0.15) is 0 Å². The molecular weight excluding hydrogens is 286 g/mol. The number of pyridine rings is 1. The molecule has 0 N–H and O–H groups in total. The molecule has 2 heterocycles. The van der Waals surface area contributed by atoms with Crippen LogP contribution in [0, 0.1) is 6.92 Å². The van der Waals surface area contributed by atoms with Crippen LogP contribution in [0.4, 0.5) is 0 Å². The molecule has 1 aliphatic heterocycles. The van der Waals surface area contributed by atoms with Crippen molar-refractivity contribution in [2.75, 3.05) is 33.2 Å². The zero-order valence-electron chi connectivity index (χ0n) is 13.8. The summed E-state index contributed by atoms with van der Waals surface area (Å²) in [5.74, 6) is 0.0855. The van der Waals surface area contributed by atoms with Crippen LogP contribution in [0.15, 0.2) is 42.7 Å². The Balaban J connectivity index is 1.83. The molecule has 1 amide bonds. The van der Waals surface area contributed by atoms with Gasteiger partial charge in [-0.2, -0.15) is 0 Å². The van der Waals surface area contributed by atoms with Crippen LogP contribution in [0.2, 0.25) is 0 Å². The second-order valence-corrected chi connectivity index (χ2v) is 6.28. The molecule has 4 heteroatoms. The van der Waals surface area contributed by atoms with E-state index in [1.165, 1.54) is 5.56 Å². The predicted octanol–water partition coefficient (Wildman–Crippen LogP) is 2.83. The lowest BCUT2D eigenvalue weighted by Crippen LogP contribution is -2.34. The summed E-state index contributed by atoms with van der Waals surface area (Å²) in [6.45, 7) is 5.64. The molecular formula is C19H23N3O. The second-order valence-electron chi connectivity index (χ2n) is 6.28. The number of hydrogen-bond donors (Lipinski definition) is 0. The Kier molecular flexibility index (Phi) is 4.72. The Bertz CT molecular complexity index is 699. The first kappa shape index (κ1) is 15.7. The fourth-order valence-electron chi connectivity index (χ4n) is 2.97. The average molecular weight is 309 g/mol. The largest absolute Gasteiger partial charge is 0.337 e. The van der Waals surface area contributed by atoms with Crippen LogP contribution in [0.5, 0.6) is 0 Å². The van der Waals surface area contributed by atoms with Gasteiger partial charge in [-0.25, -0.2) is 0 Å². The first-order chi connectivity index (χ1) is 11.1. The molecule has 1 aromatic heterocycles. The van der Waals surface area contributed by atoms with E-state index in [4.69, 9.17) is 0 Å². The molecule has 4 nitrogen and oxygen atoms in total. The lowest BCUT2D eigenvalue weighted by Gasteiger charge is -2.20. The van der Waals surface area contributed by atoms with Gasteiger partial charge in [0.25, 0.3) is 5.91 Å². The number of aryl methyl sites for hydroxylation is 1. The molecule has 0 saturated carbocycles. The molecule has 1 aliphatic rings. The maximum absolute atomic E-state index is 12.8. The molecule has 2 aromatic rings. The molecule has 1 fully saturated rings. The molecule has 1 saturated heterocycles. The standard InChI is InChI=1S/C19H23N3O/c1-15-5-3-6-16(11-15)17-12-18(14-20-13-17)19(23)22-8-4-7-21(2)9-10-22/h3,5-6,11-14H,4,7-10H2,1-2H3. The van der Waals surface area contributed by atoms with Crippen molar-refractivity contribution in [1.29, 1.82) is 0 Å². The Morgan fingerprint density at radius 3 is 2.74 bits per heavy atom. The van der Waals surface area contributed by atoms with Gasteiger partial charge in [-0.1, -0.05) is 29.8 Å². The third-order valence-electron chi connectivity index (χ3n) is 4.34. The van der Waals surface area contributed by atoms with Gasteiger partial charge in [0.15, 0.2) is 0 Å². The number of amides is 1. The highest BCUT2D eigenvalue weighted by molar-refractivity contribution is 5.95. The van der Waals surface area contributed by atoms with Crippen molar-refractivity contribution in [3.05, 3.63) is 53.9 Å². The molecule has 0 atom stereocenters. The van der Waals surface area contributed by atoms with E-state index < -0.39 is 0 Å². The summed E-state index contributed by atoms with van der Waals surface area (Å²) in [5.41, 5.74) is 3.97. The highest BCUT2D eigenvalue weighted by atomic mass is 16.2. The Labute approximate surface area is 137 Å². The van der Waals surface area contributed by atoms with Gasteiger partial charge in [0, 0.05) is 37.6 Å².